The van der Waals surface area contributed by atoms with Crippen LogP contribution in [-0.2, 0) is 4.79 Å². The molecular formula is C12H14BrNO4. The lowest BCUT2D eigenvalue weighted by Gasteiger charge is -2.33. The van der Waals surface area contributed by atoms with Gasteiger partial charge in [0.15, 0.2) is 4.67 Å². The Hall–Kier alpha value is -1.30. The first-order valence-corrected chi connectivity index (χ1v) is 6.60. The van der Waals surface area contributed by atoms with Crippen LogP contribution in [0.25, 0.3) is 0 Å². The Bertz CT molecular complexity index is 484. The molecule has 0 bridgehead atoms. The molecular weight excluding hydrogens is 302 g/mol. The Morgan fingerprint density at radius 1 is 1.61 bits per heavy atom. The van der Waals surface area contributed by atoms with Gasteiger partial charge in [-0.2, -0.15) is 0 Å². The first kappa shape index (κ1) is 13.1. The van der Waals surface area contributed by atoms with Crippen molar-refractivity contribution in [3.05, 3.63) is 22.6 Å². The van der Waals surface area contributed by atoms with Crippen LogP contribution in [0.1, 0.15) is 36.5 Å². The van der Waals surface area contributed by atoms with Gasteiger partial charge < -0.3 is 14.4 Å². The maximum Gasteiger partial charge on any atom is 0.329 e. The van der Waals surface area contributed by atoms with E-state index in [4.69, 9.17) is 4.42 Å². The van der Waals surface area contributed by atoms with E-state index in [0.29, 0.717) is 36.0 Å². The van der Waals surface area contributed by atoms with Crippen LogP contribution < -0.4 is 0 Å². The lowest BCUT2D eigenvalue weighted by Crippen LogP contribution is -2.52. The second-order valence-electron chi connectivity index (χ2n) is 4.36. The van der Waals surface area contributed by atoms with Crippen molar-refractivity contribution in [1.82, 2.24) is 4.90 Å². The minimum Gasteiger partial charge on any atom is -0.479 e. The fourth-order valence-corrected chi connectivity index (χ4v) is 2.92. The third kappa shape index (κ3) is 1.84. The molecule has 1 aromatic rings. The van der Waals surface area contributed by atoms with Crippen molar-refractivity contribution in [2.24, 2.45) is 0 Å². The molecule has 2 heterocycles. The minimum atomic E-state index is -1.08. The molecule has 18 heavy (non-hydrogen) atoms. The van der Waals surface area contributed by atoms with E-state index in [-0.39, 0.29) is 5.91 Å². The van der Waals surface area contributed by atoms with Crippen LogP contribution in [0.4, 0.5) is 0 Å². The van der Waals surface area contributed by atoms with E-state index in [1.807, 2.05) is 0 Å². The summed E-state index contributed by atoms with van der Waals surface area (Å²) in [5, 5.41) is 9.42. The van der Waals surface area contributed by atoms with Crippen molar-refractivity contribution in [1.29, 1.82) is 0 Å². The van der Waals surface area contributed by atoms with Gasteiger partial charge in [-0.05, 0) is 41.3 Å². The average Bonchev–Trinajstić information content (AvgIpc) is 2.94. The molecule has 0 radical (unpaired) electrons. The molecule has 1 saturated heterocycles. The molecule has 5 nitrogen and oxygen atoms in total. The average molecular weight is 316 g/mol. The summed E-state index contributed by atoms with van der Waals surface area (Å²) < 4.78 is 5.37. The second-order valence-corrected chi connectivity index (χ2v) is 5.08. The maximum atomic E-state index is 12.4. The van der Waals surface area contributed by atoms with Crippen molar-refractivity contribution in [2.75, 3.05) is 6.54 Å². The van der Waals surface area contributed by atoms with E-state index in [2.05, 4.69) is 15.9 Å². The number of carbonyl (C=O) groups is 2. The monoisotopic (exact) mass is 315 g/mol. The van der Waals surface area contributed by atoms with E-state index in [1.54, 1.807) is 13.0 Å². The molecule has 0 spiro atoms. The molecule has 0 aromatic carbocycles. The second kappa shape index (κ2) is 4.76. The number of hydrogen-bond donors (Lipinski definition) is 1. The highest BCUT2D eigenvalue weighted by Crippen LogP contribution is 2.35. The quantitative estimate of drug-likeness (QED) is 0.930. The fourth-order valence-electron chi connectivity index (χ4n) is 2.51. The topological polar surface area (TPSA) is 70.8 Å². The Balaban J connectivity index is 2.35. The highest BCUT2D eigenvalue weighted by Gasteiger charge is 2.49. The van der Waals surface area contributed by atoms with Crippen LogP contribution in [0, 0.1) is 0 Å². The largest absolute Gasteiger partial charge is 0.479 e. The first-order valence-electron chi connectivity index (χ1n) is 5.81. The number of hydrogen-bond acceptors (Lipinski definition) is 3. The Kier molecular flexibility index (Phi) is 3.47. The summed E-state index contributed by atoms with van der Waals surface area (Å²) in [6.07, 6.45) is 3.02. The summed E-state index contributed by atoms with van der Waals surface area (Å²) in [5.41, 5.74) is -0.704. The van der Waals surface area contributed by atoms with E-state index in [0.717, 1.165) is 0 Å². The molecule has 1 aromatic heterocycles. The third-order valence-corrected chi connectivity index (χ3v) is 4.18. The number of amides is 1. The summed E-state index contributed by atoms with van der Waals surface area (Å²) >= 11 is 3.15. The van der Waals surface area contributed by atoms with Crippen LogP contribution in [0.5, 0.6) is 0 Å². The van der Waals surface area contributed by atoms with Gasteiger partial charge in [0.05, 0.1) is 11.8 Å². The van der Waals surface area contributed by atoms with Gasteiger partial charge in [-0.25, -0.2) is 4.79 Å². The molecule has 1 aliphatic rings. The summed E-state index contributed by atoms with van der Waals surface area (Å²) in [5.74, 6) is -1.23. The third-order valence-electron chi connectivity index (χ3n) is 3.57. The van der Waals surface area contributed by atoms with Gasteiger partial charge in [0, 0.05) is 6.54 Å². The molecule has 2 rings (SSSR count). The highest BCUT2D eigenvalue weighted by molar-refractivity contribution is 9.10. The standard InChI is InChI=1S/C12H14BrNO4/c1-2-12(11(16)17)5-3-6-14(12)10(15)8-4-7-18-9(8)13/h4,7H,2-3,5-6H2,1H3,(H,16,17). The number of likely N-dealkylation sites (tertiary alicyclic amines) is 1. The number of carbonyl (C=O) groups excluding carboxylic acids is 1. The lowest BCUT2D eigenvalue weighted by molar-refractivity contribution is -0.148. The van der Waals surface area contributed by atoms with Crippen LogP contribution in [-0.4, -0.2) is 34.0 Å². The number of rotatable bonds is 3. The van der Waals surface area contributed by atoms with Gasteiger partial charge in [-0.15, -0.1) is 0 Å². The summed E-state index contributed by atoms with van der Waals surface area (Å²) in [7, 11) is 0. The van der Waals surface area contributed by atoms with Crippen molar-refractivity contribution >= 4 is 27.8 Å². The number of nitrogens with zero attached hydrogens (tertiary/aromatic N) is 1. The molecule has 1 unspecified atom stereocenters. The first-order chi connectivity index (χ1) is 8.53. The minimum absolute atomic E-state index is 0.294. The molecule has 1 N–H and O–H groups in total. The molecule has 0 aliphatic carbocycles. The van der Waals surface area contributed by atoms with Gasteiger partial charge in [0.1, 0.15) is 5.54 Å². The van der Waals surface area contributed by atoms with Gasteiger partial charge >= 0.3 is 5.97 Å². The summed E-state index contributed by atoms with van der Waals surface area (Å²) in [6, 6.07) is 1.55. The van der Waals surface area contributed by atoms with Crippen LogP contribution in [0.2, 0.25) is 0 Å². The van der Waals surface area contributed by atoms with Crippen molar-refractivity contribution in [3.63, 3.8) is 0 Å². The van der Waals surface area contributed by atoms with Crippen molar-refractivity contribution in [2.45, 2.75) is 31.7 Å². The Morgan fingerprint density at radius 3 is 2.83 bits per heavy atom. The molecule has 1 aliphatic heterocycles. The molecule has 98 valence electrons. The van der Waals surface area contributed by atoms with E-state index in [9.17, 15) is 14.7 Å². The van der Waals surface area contributed by atoms with Crippen LogP contribution in [0.15, 0.2) is 21.4 Å². The van der Waals surface area contributed by atoms with E-state index in [1.165, 1.54) is 11.2 Å². The predicted molar refractivity (Wildman–Crippen MR) is 67.3 cm³/mol. The number of furan rings is 1. The zero-order valence-corrected chi connectivity index (χ0v) is 11.6. The van der Waals surface area contributed by atoms with Crippen molar-refractivity contribution < 1.29 is 19.1 Å². The molecule has 1 amide bonds. The van der Waals surface area contributed by atoms with Gasteiger partial charge in [0.25, 0.3) is 5.91 Å². The predicted octanol–water partition coefficient (Wildman–Crippen LogP) is 2.51. The normalized spacial score (nSPS) is 23.3. The van der Waals surface area contributed by atoms with Gasteiger partial charge in [0.2, 0.25) is 0 Å². The van der Waals surface area contributed by atoms with Crippen LogP contribution >= 0.6 is 15.9 Å². The highest BCUT2D eigenvalue weighted by atomic mass is 79.9. The number of carboxylic acid groups (broad SMARTS) is 1. The summed E-state index contributed by atoms with van der Waals surface area (Å²) in [4.78, 5) is 25.3. The smallest absolute Gasteiger partial charge is 0.329 e. The van der Waals surface area contributed by atoms with Gasteiger partial charge in [-0.3, -0.25) is 4.79 Å². The Labute approximate surface area is 113 Å². The molecule has 1 atom stereocenters. The SMILES string of the molecule is CCC1(C(=O)O)CCCN1C(=O)c1ccoc1Br. The molecule has 6 heteroatoms. The van der Waals surface area contributed by atoms with Gasteiger partial charge in [-0.1, -0.05) is 6.92 Å². The number of aliphatic carboxylic acids is 1. The summed E-state index contributed by atoms with van der Waals surface area (Å²) in [6.45, 7) is 2.26. The fraction of sp³-hybridized carbons (Fsp3) is 0.500. The maximum absolute atomic E-state index is 12.4. The van der Waals surface area contributed by atoms with E-state index < -0.39 is 11.5 Å². The lowest BCUT2D eigenvalue weighted by atomic mass is 9.92. The number of carboxylic acids is 1. The molecule has 1 fully saturated rings. The zero-order chi connectivity index (χ0) is 13.3. The number of halogens is 1. The van der Waals surface area contributed by atoms with E-state index >= 15 is 0 Å². The van der Waals surface area contributed by atoms with Crippen molar-refractivity contribution in [3.8, 4) is 0 Å². The zero-order valence-electron chi connectivity index (χ0n) is 9.98. The Morgan fingerprint density at radius 2 is 2.33 bits per heavy atom. The van der Waals surface area contributed by atoms with Crippen LogP contribution in [0.3, 0.4) is 0 Å². The molecule has 0 saturated carbocycles.